The van der Waals surface area contributed by atoms with E-state index in [1.807, 2.05) is 40.8 Å². The molecule has 20 heteroatoms. The predicted molar refractivity (Wildman–Crippen MR) is 270 cm³/mol. The summed E-state index contributed by atoms with van der Waals surface area (Å²) in [5.74, 6) is -2.63. The van der Waals surface area contributed by atoms with Crippen LogP contribution in [0.25, 0.3) is 21.3 Å². The lowest BCUT2D eigenvalue weighted by Gasteiger charge is -2.69. The molecule has 0 radical (unpaired) electrons. The minimum atomic E-state index is -4.47. The Morgan fingerprint density at radius 2 is 1.61 bits per heavy atom. The number of para-hydroxylation sites is 1. The number of nitrogens with one attached hydrogen (secondary N) is 2. The number of hydrogen-bond acceptors (Lipinski definition) is 16. The molecule has 6 fully saturated rings. The standard InChI is InChI=1S/C52H58N10O8S2/c1-32-21-41(57-58-45(32)56-48-55-39-7-5-6-8-42(39)71-48)44(63)40-14-13-37(43(54-40)46(64)59-72(67,68)36-11-9-35(10-12-36)61-23-34(24-61)47(65)66)38-22-53-62(33(38)2)31-51-26-49(3)25-50(4,27-51)29-52(28-49,30-51)70-20-17-60-15-18-69-19-16-60/h5-14,21-22,34H,15-20,23-31H2,1-4H3,(H,59,64)(H,65,66)(H,55,56,58)/t49-,50+,51?,52?. The number of morpholine rings is 1. The van der Waals surface area contributed by atoms with E-state index in [4.69, 9.17) is 14.6 Å². The van der Waals surface area contributed by atoms with Crippen molar-refractivity contribution in [2.45, 2.75) is 83.3 Å². The first kappa shape index (κ1) is 48.1. The Hall–Kier alpha value is -6.19. The fourth-order valence-corrected chi connectivity index (χ4v) is 15.1. The van der Waals surface area contributed by atoms with Gasteiger partial charge >= 0.3 is 5.97 Å². The number of sulfonamides is 1. The number of fused-ring (bicyclic) bond motifs is 1. The number of carbonyl (C=O) groups is 3. The van der Waals surface area contributed by atoms with Crippen LogP contribution in [-0.2, 0) is 30.8 Å². The van der Waals surface area contributed by atoms with Crippen molar-refractivity contribution in [1.29, 1.82) is 0 Å². The molecule has 2 aliphatic heterocycles. The van der Waals surface area contributed by atoms with Gasteiger partial charge in [-0.2, -0.15) is 5.10 Å². The summed E-state index contributed by atoms with van der Waals surface area (Å²) in [6.45, 7) is 14.7. The second-order valence-electron chi connectivity index (χ2n) is 21.6. The first-order chi connectivity index (χ1) is 34.4. The number of carboxylic acid groups (broad SMARTS) is 1. The summed E-state index contributed by atoms with van der Waals surface area (Å²) >= 11 is 1.46. The Bertz CT molecular complexity index is 3190. The summed E-state index contributed by atoms with van der Waals surface area (Å²) in [5, 5.41) is 26.6. The van der Waals surface area contributed by atoms with Gasteiger partial charge in [0.15, 0.2) is 10.9 Å². The summed E-state index contributed by atoms with van der Waals surface area (Å²) < 4.78 is 45.7. The van der Waals surface area contributed by atoms with E-state index in [0.717, 1.165) is 87.3 Å². The quantitative estimate of drug-likeness (QED) is 0.0827. The van der Waals surface area contributed by atoms with Crippen LogP contribution in [0, 0.1) is 36.0 Å². The number of aliphatic carboxylic acids is 1. The highest BCUT2D eigenvalue weighted by atomic mass is 32.2. The lowest BCUT2D eigenvalue weighted by molar-refractivity contribution is -0.249. The number of benzene rings is 2. The van der Waals surface area contributed by atoms with E-state index in [9.17, 15) is 27.9 Å². The molecule has 2 aromatic carbocycles. The third-order valence-corrected chi connectivity index (χ3v) is 17.8. The Kier molecular flexibility index (Phi) is 12.1. The van der Waals surface area contributed by atoms with Crippen LogP contribution in [0.5, 0.6) is 0 Å². The SMILES string of the molecule is Cc1cc(C(=O)c2ccc(-c3cnn(CC45CC6(OCCN7CCOCC7)C[C@](C)(C4)C[C@](C)(C5)C6)c3C)c(C(=O)NS(=O)(=O)c3ccc(N4CC(C(=O)O)C4)cc3)n2)nnc1Nc1nc2ccccc2s1. The topological polar surface area (TPSA) is 224 Å². The Morgan fingerprint density at radius 3 is 2.32 bits per heavy atom. The molecule has 0 spiro atoms. The summed E-state index contributed by atoms with van der Waals surface area (Å²) in [4.78, 5) is 53.4. The lowest BCUT2D eigenvalue weighted by Crippen LogP contribution is -2.64. The van der Waals surface area contributed by atoms with E-state index in [1.165, 1.54) is 29.5 Å². The van der Waals surface area contributed by atoms with Gasteiger partial charge in [-0.15, -0.1) is 10.2 Å². The van der Waals surface area contributed by atoms with Crippen molar-refractivity contribution in [1.82, 2.24) is 39.6 Å². The second kappa shape index (κ2) is 18.1. The normalized spacial score (nSPS) is 25.1. The van der Waals surface area contributed by atoms with Crippen LogP contribution >= 0.6 is 11.3 Å². The summed E-state index contributed by atoms with van der Waals surface area (Å²) in [6.07, 6.45) is 7.94. The van der Waals surface area contributed by atoms with Gasteiger partial charge in [0.05, 0.1) is 52.6 Å². The van der Waals surface area contributed by atoms with Gasteiger partial charge < -0.3 is 24.8 Å². The van der Waals surface area contributed by atoms with Crippen molar-refractivity contribution in [2.75, 3.05) is 62.8 Å². The van der Waals surface area contributed by atoms with E-state index < -0.39 is 33.6 Å². The molecule has 4 bridgehead atoms. The van der Waals surface area contributed by atoms with Crippen molar-refractivity contribution < 1.29 is 37.4 Å². The molecule has 1 amide bonds. The zero-order valence-electron chi connectivity index (χ0n) is 40.8. The largest absolute Gasteiger partial charge is 0.481 e. The molecule has 6 aromatic rings. The van der Waals surface area contributed by atoms with Crippen LogP contribution in [0.4, 0.5) is 16.6 Å². The fourth-order valence-electron chi connectivity index (χ4n) is 13.3. The highest BCUT2D eigenvalue weighted by molar-refractivity contribution is 7.90. The fraction of sp³-hybridized carbons (Fsp3) is 0.462. The third kappa shape index (κ3) is 9.27. The number of aromatic nitrogens is 6. The first-order valence-electron chi connectivity index (χ1n) is 24.5. The molecule has 6 aliphatic rings. The molecule has 4 saturated carbocycles. The summed E-state index contributed by atoms with van der Waals surface area (Å²) in [7, 11) is -4.47. The van der Waals surface area contributed by atoms with Crippen LogP contribution in [0.15, 0.2) is 77.8 Å². The highest BCUT2D eigenvalue weighted by Crippen LogP contribution is 2.72. The Morgan fingerprint density at radius 1 is 0.875 bits per heavy atom. The molecule has 3 N–H and O–H groups in total. The number of ether oxygens (including phenoxy) is 2. The molecule has 4 aliphatic carbocycles. The van der Waals surface area contributed by atoms with E-state index in [2.05, 4.69) is 49.0 Å². The summed E-state index contributed by atoms with van der Waals surface area (Å²) in [5.41, 5.74) is 3.21. The number of aryl methyl sites for hydroxylation is 1. The molecular formula is C52H58N10O8S2. The van der Waals surface area contributed by atoms with Crippen LogP contribution in [0.3, 0.4) is 0 Å². The second-order valence-corrected chi connectivity index (χ2v) is 24.3. The number of nitrogens with zero attached hydrogens (tertiary/aromatic N) is 8. The van der Waals surface area contributed by atoms with Crippen LogP contribution in [0.1, 0.15) is 90.3 Å². The average Bonchev–Trinajstić information content (AvgIpc) is 3.89. The predicted octanol–water partition coefficient (Wildman–Crippen LogP) is 7.04. The lowest BCUT2D eigenvalue weighted by atomic mass is 9.39. The van der Waals surface area contributed by atoms with E-state index in [0.29, 0.717) is 59.6 Å². The molecule has 4 atom stereocenters. The number of ketones is 1. The van der Waals surface area contributed by atoms with Crippen molar-refractivity contribution in [2.24, 2.45) is 22.2 Å². The van der Waals surface area contributed by atoms with Gasteiger partial charge in [-0.25, -0.2) is 23.1 Å². The van der Waals surface area contributed by atoms with Gasteiger partial charge in [-0.1, -0.05) is 37.3 Å². The number of carbonyl (C=O) groups excluding carboxylic acids is 2. The zero-order valence-corrected chi connectivity index (χ0v) is 42.4. The van der Waals surface area contributed by atoms with Crippen molar-refractivity contribution in [3.8, 4) is 11.1 Å². The minimum absolute atomic E-state index is 0.0247. The number of anilines is 3. The number of thiazole rings is 1. The molecule has 2 unspecified atom stereocenters. The van der Waals surface area contributed by atoms with Gasteiger partial charge in [0, 0.05) is 61.8 Å². The van der Waals surface area contributed by atoms with Gasteiger partial charge in [-0.3, -0.25) is 24.0 Å². The van der Waals surface area contributed by atoms with E-state index in [-0.39, 0.29) is 43.8 Å². The average molecular weight is 1020 g/mol. The van der Waals surface area contributed by atoms with E-state index >= 15 is 0 Å². The third-order valence-electron chi connectivity index (χ3n) is 15.5. The van der Waals surface area contributed by atoms with Crippen molar-refractivity contribution in [3.63, 3.8) is 0 Å². The van der Waals surface area contributed by atoms with Crippen molar-refractivity contribution >= 4 is 65.9 Å². The first-order valence-corrected chi connectivity index (χ1v) is 26.8. The van der Waals surface area contributed by atoms with Gasteiger partial charge in [0.25, 0.3) is 15.9 Å². The van der Waals surface area contributed by atoms with Crippen molar-refractivity contribution in [3.05, 3.63) is 101 Å². The minimum Gasteiger partial charge on any atom is -0.481 e. The number of amides is 1. The molecule has 4 aromatic heterocycles. The zero-order chi connectivity index (χ0) is 50.2. The Balaban J connectivity index is 0.880. The number of hydrogen-bond donors (Lipinski definition) is 3. The highest BCUT2D eigenvalue weighted by Gasteiger charge is 2.66. The maximum atomic E-state index is 14.5. The maximum absolute atomic E-state index is 14.5. The molecular weight excluding hydrogens is 957 g/mol. The number of carboxylic acids is 1. The van der Waals surface area contributed by atoms with Crippen LogP contribution in [0.2, 0.25) is 0 Å². The molecule has 2 saturated heterocycles. The van der Waals surface area contributed by atoms with Gasteiger partial charge in [0.2, 0.25) is 5.78 Å². The maximum Gasteiger partial charge on any atom is 0.310 e. The van der Waals surface area contributed by atoms with Crippen LogP contribution in [-0.4, -0.2) is 124 Å². The molecule has 72 heavy (non-hydrogen) atoms. The number of pyridine rings is 1. The monoisotopic (exact) mass is 1010 g/mol. The van der Waals surface area contributed by atoms with Gasteiger partial charge in [0.1, 0.15) is 17.1 Å². The van der Waals surface area contributed by atoms with E-state index in [1.54, 1.807) is 37.4 Å². The Labute approximate surface area is 421 Å². The smallest absolute Gasteiger partial charge is 0.310 e. The van der Waals surface area contributed by atoms with Crippen LogP contribution < -0.4 is 14.9 Å². The molecule has 6 heterocycles. The molecule has 18 nitrogen and oxygen atoms in total. The molecule has 376 valence electrons. The number of rotatable bonds is 16. The molecule has 12 rings (SSSR count). The summed E-state index contributed by atoms with van der Waals surface area (Å²) in [6, 6.07) is 18.3. The van der Waals surface area contributed by atoms with Gasteiger partial charge in [-0.05, 0) is 129 Å².